The number of halogens is 1. The van der Waals surface area contributed by atoms with Gasteiger partial charge in [0.25, 0.3) is 0 Å². The molecule has 0 aliphatic heterocycles. The number of carbonyl (C=O) groups is 1. The summed E-state index contributed by atoms with van der Waals surface area (Å²) in [6.07, 6.45) is 0.370. The number of amides is 1. The smallest absolute Gasteiger partial charge is 0.241 e. The summed E-state index contributed by atoms with van der Waals surface area (Å²) in [5, 5.41) is 4.38. The maximum Gasteiger partial charge on any atom is 0.241 e. The van der Waals surface area contributed by atoms with Gasteiger partial charge < -0.3 is 5.32 Å². The lowest BCUT2D eigenvalue weighted by atomic mass is 10.1. The minimum atomic E-state index is -3.67. The lowest BCUT2D eigenvalue weighted by molar-refractivity contribution is -0.120. The van der Waals surface area contributed by atoms with Crippen molar-refractivity contribution in [1.29, 1.82) is 0 Å². The van der Waals surface area contributed by atoms with Gasteiger partial charge in [-0.3, -0.25) is 4.79 Å². The maximum atomic E-state index is 12.4. The van der Waals surface area contributed by atoms with Crippen molar-refractivity contribution >= 4 is 38.3 Å². The van der Waals surface area contributed by atoms with E-state index in [2.05, 4.69) is 10.0 Å². The summed E-state index contributed by atoms with van der Waals surface area (Å²) >= 11 is 6.09. The van der Waals surface area contributed by atoms with Crippen LogP contribution in [0.1, 0.15) is 13.3 Å². The van der Waals surface area contributed by atoms with Crippen LogP contribution in [0.4, 0.5) is 0 Å². The second kappa shape index (κ2) is 7.09. The maximum absolute atomic E-state index is 12.4. The summed E-state index contributed by atoms with van der Waals surface area (Å²) in [7, 11) is -3.67. The molecule has 0 fully saturated rings. The molecule has 0 heterocycles. The third-order valence-electron chi connectivity index (χ3n) is 3.18. The first kappa shape index (κ1) is 16.7. The molecule has 0 bridgehead atoms. The monoisotopic (exact) mass is 340 g/mol. The fourth-order valence-electron chi connectivity index (χ4n) is 2.07. The number of carbonyl (C=O) groups excluding carboxylic acids is 1. The van der Waals surface area contributed by atoms with E-state index in [1.54, 1.807) is 37.3 Å². The van der Waals surface area contributed by atoms with E-state index in [9.17, 15) is 13.2 Å². The van der Waals surface area contributed by atoms with Gasteiger partial charge in [-0.25, -0.2) is 13.1 Å². The fraction of sp³-hybridized carbons (Fsp3) is 0.267. The van der Waals surface area contributed by atoms with Crippen LogP contribution in [0.5, 0.6) is 0 Å². The average Bonchev–Trinajstić information content (AvgIpc) is 2.51. The first-order chi connectivity index (χ1) is 10.5. The molecule has 2 aromatic carbocycles. The summed E-state index contributed by atoms with van der Waals surface area (Å²) in [6.45, 7) is 2.11. The van der Waals surface area contributed by atoms with Gasteiger partial charge in [0.15, 0.2) is 0 Å². The zero-order valence-corrected chi connectivity index (χ0v) is 13.7. The van der Waals surface area contributed by atoms with E-state index in [0.29, 0.717) is 22.2 Å². The Morgan fingerprint density at radius 1 is 1.09 bits per heavy atom. The Kier molecular flexibility index (Phi) is 5.39. The third kappa shape index (κ3) is 3.76. The van der Waals surface area contributed by atoms with Gasteiger partial charge in [-0.15, -0.1) is 0 Å². The molecule has 118 valence electrons. The minimum absolute atomic E-state index is 0.115. The van der Waals surface area contributed by atoms with E-state index >= 15 is 0 Å². The molecule has 0 radical (unpaired) electrons. The molecular formula is C15H17ClN2O3S. The van der Waals surface area contributed by atoms with Crippen LogP contribution in [-0.2, 0) is 14.8 Å². The normalized spacial score (nSPS) is 11.5. The molecule has 0 unspecified atom stereocenters. The summed E-state index contributed by atoms with van der Waals surface area (Å²) in [5.41, 5.74) is 0. The Bertz CT molecular complexity index is 790. The number of sulfonamides is 1. The standard InChI is InChI=1S/C15H17ClN2O3S/c1-2-15(19)17-9-10-18-22(20,21)14-8-4-5-11-12(14)6-3-7-13(11)16/h3-8,18H,2,9-10H2,1H3,(H,17,19). The van der Waals surface area contributed by atoms with Crippen molar-refractivity contribution < 1.29 is 13.2 Å². The molecule has 0 saturated carbocycles. The predicted octanol–water partition coefficient (Wildman–Crippen LogP) is 2.30. The van der Waals surface area contributed by atoms with Gasteiger partial charge in [0.05, 0.1) is 4.90 Å². The van der Waals surface area contributed by atoms with Crippen LogP contribution in [-0.4, -0.2) is 27.4 Å². The average molecular weight is 341 g/mol. The number of nitrogens with one attached hydrogen (secondary N) is 2. The summed E-state index contributed by atoms with van der Waals surface area (Å²) in [6, 6.07) is 10.1. The van der Waals surface area contributed by atoms with Crippen LogP contribution in [0, 0.1) is 0 Å². The highest BCUT2D eigenvalue weighted by Crippen LogP contribution is 2.28. The van der Waals surface area contributed by atoms with Gasteiger partial charge in [-0.2, -0.15) is 0 Å². The molecule has 2 aromatic rings. The van der Waals surface area contributed by atoms with Crippen molar-refractivity contribution in [3.63, 3.8) is 0 Å². The van der Waals surface area contributed by atoms with Crippen molar-refractivity contribution in [3.05, 3.63) is 41.4 Å². The Labute approximate surface area is 134 Å². The van der Waals surface area contributed by atoms with Gasteiger partial charge in [-0.05, 0) is 12.1 Å². The zero-order chi connectivity index (χ0) is 16.2. The summed E-state index contributed by atoms with van der Waals surface area (Å²) in [4.78, 5) is 11.3. The number of benzene rings is 2. The molecule has 0 spiro atoms. The molecule has 2 rings (SSSR count). The van der Waals surface area contributed by atoms with E-state index in [-0.39, 0.29) is 23.9 Å². The van der Waals surface area contributed by atoms with Gasteiger partial charge >= 0.3 is 0 Å². The zero-order valence-electron chi connectivity index (χ0n) is 12.1. The van der Waals surface area contributed by atoms with E-state index in [1.165, 1.54) is 6.07 Å². The number of rotatable bonds is 6. The second-order valence-corrected chi connectivity index (χ2v) is 6.83. The van der Waals surface area contributed by atoms with Gasteiger partial charge in [0.2, 0.25) is 15.9 Å². The predicted molar refractivity (Wildman–Crippen MR) is 87.4 cm³/mol. The van der Waals surface area contributed by atoms with Crippen molar-refractivity contribution in [2.24, 2.45) is 0 Å². The van der Waals surface area contributed by atoms with Gasteiger partial charge in [0.1, 0.15) is 0 Å². The van der Waals surface area contributed by atoms with Crippen LogP contribution in [0.2, 0.25) is 5.02 Å². The summed E-state index contributed by atoms with van der Waals surface area (Å²) in [5.74, 6) is -0.115. The molecule has 0 saturated heterocycles. The number of fused-ring (bicyclic) bond motifs is 1. The molecule has 0 aliphatic rings. The Balaban J connectivity index is 2.20. The van der Waals surface area contributed by atoms with E-state index in [4.69, 9.17) is 11.6 Å². The molecule has 0 atom stereocenters. The van der Waals surface area contributed by atoms with E-state index in [1.807, 2.05) is 0 Å². The van der Waals surface area contributed by atoms with Gasteiger partial charge in [0, 0.05) is 35.3 Å². The highest BCUT2D eigenvalue weighted by atomic mass is 35.5. The molecule has 0 aliphatic carbocycles. The highest BCUT2D eigenvalue weighted by molar-refractivity contribution is 7.89. The van der Waals surface area contributed by atoms with Crippen molar-refractivity contribution in [2.75, 3.05) is 13.1 Å². The lowest BCUT2D eigenvalue weighted by Crippen LogP contribution is -2.34. The minimum Gasteiger partial charge on any atom is -0.355 e. The van der Waals surface area contributed by atoms with E-state index in [0.717, 1.165) is 0 Å². The van der Waals surface area contributed by atoms with Crippen molar-refractivity contribution in [1.82, 2.24) is 10.0 Å². The van der Waals surface area contributed by atoms with Gasteiger partial charge in [-0.1, -0.05) is 42.8 Å². The van der Waals surface area contributed by atoms with Crippen LogP contribution >= 0.6 is 11.6 Å². The van der Waals surface area contributed by atoms with Crippen LogP contribution in [0.25, 0.3) is 10.8 Å². The van der Waals surface area contributed by atoms with Crippen LogP contribution in [0.15, 0.2) is 41.3 Å². The van der Waals surface area contributed by atoms with Crippen LogP contribution in [0.3, 0.4) is 0 Å². The molecule has 2 N–H and O–H groups in total. The molecule has 7 heteroatoms. The SMILES string of the molecule is CCC(=O)NCCNS(=O)(=O)c1cccc2c(Cl)cccc12. The largest absolute Gasteiger partial charge is 0.355 e. The fourth-order valence-corrected chi connectivity index (χ4v) is 3.56. The number of hydrogen-bond acceptors (Lipinski definition) is 3. The lowest BCUT2D eigenvalue weighted by Gasteiger charge is -2.10. The molecule has 22 heavy (non-hydrogen) atoms. The van der Waals surface area contributed by atoms with Crippen molar-refractivity contribution in [2.45, 2.75) is 18.2 Å². The quantitative estimate of drug-likeness (QED) is 0.792. The first-order valence-corrected chi connectivity index (χ1v) is 8.75. The Hall–Kier alpha value is -1.63. The second-order valence-electron chi connectivity index (χ2n) is 4.69. The molecular weight excluding hydrogens is 324 g/mol. The third-order valence-corrected chi connectivity index (χ3v) is 5.03. The Morgan fingerprint density at radius 3 is 2.50 bits per heavy atom. The summed E-state index contributed by atoms with van der Waals surface area (Å²) < 4.78 is 27.3. The topological polar surface area (TPSA) is 75.3 Å². The highest BCUT2D eigenvalue weighted by Gasteiger charge is 2.17. The molecule has 0 aromatic heterocycles. The van der Waals surface area contributed by atoms with Crippen molar-refractivity contribution in [3.8, 4) is 0 Å². The molecule has 1 amide bonds. The first-order valence-electron chi connectivity index (χ1n) is 6.89. The van der Waals surface area contributed by atoms with E-state index < -0.39 is 10.0 Å². The molecule has 5 nitrogen and oxygen atoms in total. The number of hydrogen-bond donors (Lipinski definition) is 2. The van der Waals surface area contributed by atoms with Crippen LogP contribution < -0.4 is 10.0 Å². The Morgan fingerprint density at radius 2 is 1.77 bits per heavy atom.